The van der Waals surface area contributed by atoms with Crippen molar-refractivity contribution in [3.8, 4) is 5.75 Å². The largest absolute Gasteiger partial charge is 0.497 e. The van der Waals surface area contributed by atoms with Gasteiger partial charge in [0.2, 0.25) is 5.91 Å². The molecule has 0 spiro atoms. The number of ether oxygens (including phenoxy) is 1. The molecule has 0 aliphatic heterocycles. The predicted molar refractivity (Wildman–Crippen MR) is 131 cm³/mol. The van der Waals surface area contributed by atoms with E-state index in [1.807, 2.05) is 18.2 Å². The SMILES string of the molecule is COc1ccc(NC(=O)c2ccc(NC(=O)CN(C)Cc3ccc(SC)cc3)cc2)cc1. The van der Waals surface area contributed by atoms with E-state index in [1.165, 1.54) is 4.90 Å². The number of nitrogens with one attached hydrogen (secondary N) is 2. The number of carbonyl (C=O) groups is 2. The highest BCUT2D eigenvalue weighted by atomic mass is 32.2. The van der Waals surface area contributed by atoms with Crippen LogP contribution < -0.4 is 15.4 Å². The molecule has 3 aromatic rings. The van der Waals surface area contributed by atoms with Gasteiger partial charge < -0.3 is 15.4 Å². The van der Waals surface area contributed by atoms with E-state index >= 15 is 0 Å². The lowest BCUT2D eigenvalue weighted by molar-refractivity contribution is -0.117. The molecule has 0 unspecified atom stereocenters. The van der Waals surface area contributed by atoms with Crippen molar-refractivity contribution in [2.24, 2.45) is 0 Å². The third-order valence-corrected chi connectivity index (χ3v) is 5.55. The second-order valence-electron chi connectivity index (χ2n) is 7.33. The fraction of sp³-hybridized carbons (Fsp3) is 0.200. The van der Waals surface area contributed by atoms with E-state index in [0.717, 1.165) is 11.3 Å². The van der Waals surface area contributed by atoms with Crippen LogP contribution in [0.3, 0.4) is 0 Å². The summed E-state index contributed by atoms with van der Waals surface area (Å²) in [5.74, 6) is 0.395. The third-order valence-electron chi connectivity index (χ3n) is 4.80. The molecule has 32 heavy (non-hydrogen) atoms. The number of anilines is 2. The van der Waals surface area contributed by atoms with Crippen molar-refractivity contribution in [3.63, 3.8) is 0 Å². The average molecular weight is 450 g/mol. The second kappa shape index (κ2) is 11.4. The van der Waals surface area contributed by atoms with Crippen molar-refractivity contribution < 1.29 is 14.3 Å². The van der Waals surface area contributed by atoms with E-state index in [0.29, 0.717) is 23.5 Å². The first-order valence-corrected chi connectivity index (χ1v) is 11.4. The Morgan fingerprint density at radius 1 is 0.875 bits per heavy atom. The highest BCUT2D eigenvalue weighted by Gasteiger charge is 2.10. The number of nitrogens with zero attached hydrogens (tertiary/aromatic N) is 1. The smallest absolute Gasteiger partial charge is 0.255 e. The highest BCUT2D eigenvalue weighted by Crippen LogP contribution is 2.17. The van der Waals surface area contributed by atoms with Crippen molar-refractivity contribution in [3.05, 3.63) is 83.9 Å². The minimum Gasteiger partial charge on any atom is -0.497 e. The molecular formula is C25H27N3O3S. The van der Waals surface area contributed by atoms with Gasteiger partial charge in [0.1, 0.15) is 5.75 Å². The van der Waals surface area contributed by atoms with Crippen molar-refractivity contribution in [1.82, 2.24) is 4.90 Å². The number of amides is 2. The summed E-state index contributed by atoms with van der Waals surface area (Å²) in [5, 5.41) is 5.71. The van der Waals surface area contributed by atoms with Gasteiger partial charge in [-0.3, -0.25) is 14.5 Å². The third kappa shape index (κ3) is 6.87. The van der Waals surface area contributed by atoms with Gasteiger partial charge in [-0.1, -0.05) is 12.1 Å². The normalized spacial score (nSPS) is 10.6. The molecule has 0 saturated carbocycles. The van der Waals surface area contributed by atoms with Crippen molar-refractivity contribution in [2.45, 2.75) is 11.4 Å². The Labute approximate surface area is 193 Å². The molecule has 2 amide bonds. The number of methoxy groups -OCH3 is 1. The summed E-state index contributed by atoms with van der Waals surface area (Å²) in [7, 11) is 3.50. The Hall–Kier alpha value is -3.29. The van der Waals surface area contributed by atoms with Gasteiger partial charge in [-0.25, -0.2) is 0 Å². The van der Waals surface area contributed by atoms with Crippen LogP contribution in [0.5, 0.6) is 5.75 Å². The molecule has 0 aromatic heterocycles. The number of benzene rings is 3. The molecule has 2 N–H and O–H groups in total. The van der Waals surface area contributed by atoms with Crippen LogP contribution in [0.2, 0.25) is 0 Å². The average Bonchev–Trinajstić information content (AvgIpc) is 2.80. The van der Waals surface area contributed by atoms with Crippen molar-refractivity contribution >= 4 is 35.0 Å². The number of hydrogen-bond donors (Lipinski definition) is 2. The number of hydrogen-bond acceptors (Lipinski definition) is 5. The van der Waals surface area contributed by atoms with E-state index in [9.17, 15) is 9.59 Å². The van der Waals surface area contributed by atoms with Crippen LogP contribution in [-0.4, -0.2) is 43.7 Å². The van der Waals surface area contributed by atoms with Gasteiger partial charge in [-0.2, -0.15) is 0 Å². The van der Waals surface area contributed by atoms with E-state index < -0.39 is 0 Å². The molecule has 3 rings (SSSR count). The fourth-order valence-electron chi connectivity index (χ4n) is 3.13. The van der Waals surface area contributed by atoms with Crippen molar-refractivity contribution in [1.29, 1.82) is 0 Å². The Morgan fingerprint density at radius 2 is 1.47 bits per heavy atom. The zero-order valence-electron chi connectivity index (χ0n) is 18.4. The number of carbonyl (C=O) groups excluding carboxylic acids is 2. The maximum Gasteiger partial charge on any atom is 0.255 e. The van der Waals surface area contributed by atoms with Crippen LogP contribution in [0, 0.1) is 0 Å². The van der Waals surface area contributed by atoms with Gasteiger partial charge in [-0.05, 0) is 79.5 Å². The molecule has 0 atom stereocenters. The summed E-state index contributed by atoms with van der Waals surface area (Å²) in [6, 6.07) is 22.3. The lowest BCUT2D eigenvalue weighted by Crippen LogP contribution is -2.29. The molecule has 0 radical (unpaired) electrons. The van der Waals surface area contributed by atoms with Crippen LogP contribution in [0.4, 0.5) is 11.4 Å². The monoisotopic (exact) mass is 449 g/mol. The van der Waals surface area contributed by atoms with Gasteiger partial charge in [0.05, 0.1) is 13.7 Å². The zero-order chi connectivity index (χ0) is 22.9. The fourth-order valence-corrected chi connectivity index (χ4v) is 3.53. The summed E-state index contributed by atoms with van der Waals surface area (Å²) in [4.78, 5) is 28.0. The Balaban J connectivity index is 1.49. The molecule has 0 fully saturated rings. The Kier molecular flexibility index (Phi) is 8.30. The highest BCUT2D eigenvalue weighted by molar-refractivity contribution is 7.98. The first-order valence-electron chi connectivity index (χ1n) is 10.1. The summed E-state index contributed by atoms with van der Waals surface area (Å²) >= 11 is 1.71. The molecule has 3 aromatic carbocycles. The zero-order valence-corrected chi connectivity index (χ0v) is 19.2. The number of likely N-dealkylation sites (N-methyl/N-ethyl adjacent to an activating group) is 1. The molecule has 6 nitrogen and oxygen atoms in total. The molecule has 7 heteroatoms. The summed E-state index contributed by atoms with van der Waals surface area (Å²) in [5.41, 5.74) is 2.99. The molecule has 0 aliphatic carbocycles. The minimum atomic E-state index is -0.222. The summed E-state index contributed by atoms with van der Waals surface area (Å²) in [6.45, 7) is 0.955. The van der Waals surface area contributed by atoms with Crippen LogP contribution in [0.15, 0.2) is 77.7 Å². The van der Waals surface area contributed by atoms with Crippen LogP contribution >= 0.6 is 11.8 Å². The Morgan fingerprint density at radius 3 is 2.06 bits per heavy atom. The maximum absolute atomic E-state index is 12.4. The van der Waals surface area contributed by atoms with Crippen LogP contribution in [0.25, 0.3) is 0 Å². The summed E-state index contributed by atoms with van der Waals surface area (Å²) in [6.07, 6.45) is 2.05. The first-order chi connectivity index (χ1) is 15.5. The Bertz CT molecular complexity index is 1040. The second-order valence-corrected chi connectivity index (χ2v) is 8.21. The molecule has 0 saturated heterocycles. The van der Waals surface area contributed by atoms with Gasteiger partial charge in [0, 0.05) is 28.4 Å². The molecule has 0 bridgehead atoms. The molecular weight excluding hydrogens is 422 g/mol. The minimum absolute atomic E-state index is 0.108. The predicted octanol–water partition coefficient (Wildman–Crippen LogP) is 4.74. The molecule has 0 heterocycles. The number of rotatable bonds is 9. The topological polar surface area (TPSA) is 70.7 Å². The summed E-state index contributed by atoms with van der Waals surface area (Å²) < 4.78 is 5.11. The lowest BCUT2D eigenvalue weighted by Gasteiger charge is -2.16. The number of thioether (sulfide) groups is 1. The lowest BCUT2D eigenvalue weighted by atomic mass is 10.2. The molecule has 166 valence electrons. The quantitative estimate of drug-likeness (QED) is 0.462. The van der Waals surface area contributed by atoms with E-state index in [-0.39, 0.29) is 18.4 Å². The van der Waals surface area contributed by atoms with E-state index in [2.05, 4.69) is 34.9 Å². The van der Waals surface area contributed by atoms with Gasteiger partial charge in [-0.15, -0.1) is 11.8 Å². The van der Waals surface area contributed by atoms with Crippen LogP contribution in [-0.2, 0) is 11.3 Å². The van der Waals surface area contributed by atoms with Crippen molar-refractivity contribution in [2.75, 3.05) is 37.6 Å². The van der Waals surface area contributed by atoms with E-state index in [1.54, 1.807) is 67.4 Å². The van der Waals surface area contributed by atoms with Gasteiger partial charge >= 0.3 is 0 Å². The first kappa shape index (κ1) is 23.4. The van der Waals surface area contributed by atoms with Gasteiger partial charge in [0.15, 0.2) is 0 Å². The standard InChI is InChI=1S/C25H27N3O3S/c1-28(16-18-4-14-23(32-3)15-5-18)17-24(29)26-20-8-6-19(7-9-20)25(30)27-21-10-12-22(31-2)13-11-21/h4-15H,16-17H2,1-3H3,(H,26,29)(H,27,30). The van der Waals surface area contributed by atoms with Gasteiger partial charge in [0.25, 0.3) is 5.91 Å². The molecule has 0 aliphatic rings. The van der Waals surface area contributed by atoms with E-state index in [4.69, 9.17) is 4.74 Å². The van der Waals surface area contributed by atoms with Crippen LogP contribution in [0.1, 0.15) is 15.9 Å². The maximum atomic E-state index is 12.4.